The molecule has 2 saturated heterocycles. The third-order valence-electron chi connectivity index (χ3n) is 8.33. The number of piperazine rings is 2. The SMILES string of the molecule is CC(C)C[C@H]1CN(CCCC[C@H]2CNC(=O)C(=O)N2CC2CCCCC2)C(=O)C(=O)N1Cc1ccccc1. The van der Waals surface area contributed by atoms with Crippen molar-refractivity contribution < 1.29 is 19.2 Å². The molecule has 2 aliphatic heterocycles. The number of carbonyl (C=O) groups excluding carboxylic acids is 4. The molecule has 1 aliphatic carbocycles. The summed E-state index contributed by atoms with van der Waals surface area (Å²) in [5.74, 6) is -0.834. The molecule has 0 aromatic heterocycles. The lowest BCUT2D eigenvalue weighted by Crippen LogP contribution is -2.59. The zero-order valence-corrected chi connectivity index (χ0v) is 23.1. The molecule has 1 N–H and O–H groups in total. The van der Waals surface area contributed by atoms with Crippen molar-refractivity contribution >= 4 is 23.6 Å². The number of hydrogen-bond acceptors (Lipinski definition) is 4. The highest BCUT2D eigenvalue weighted by Gasteiger charge is 2.39. The number of nitrogens with one attached hydrogen (secondary N) is 1. The minimum absolute atomic E-state index is 0.00225. The van der Waals surface area contributed by atoms with Crippen LogP contribution in [0.15, 0.2) is 30.3 Å². The van der Waals surface area contributed by atoms with Crippen LogP contribution in [-0.4, -0.2) is 76.6 Å². The highest BCUT2D eigenvalue weighted by atomic mass is 16.2. The Hall–Kier alpha value is -2.90. The summed E-state index contributed by atoms with van der Waals surface area (Å²) in [5, 5.41) is 2.76. The van der Waals surface area contributed by atoms with Crippen LogP contribution < -0.4 is 5.32 Å². The number of hydrogen-bond donors (Lipinski definition) is 1. The van der Waals surface area contributed by atoms with Crippen LogP contribution in [0.25, 0.3) is 0 Å². The van der Waals surface area contributed by atoms with Gasteiger partial charge in [0.2, 0.25) is 0 Å². The number of carbonyl (C=O) groups is 4. The van der Waals surface area contributed by atoms with Gasteiger partial charge in [-0.3, -0.25) is 19.2 Å². The topological polar surface area (TPSA) is 90.0 Å². The lowest BCUT2D eigenvalue weighted by Gasteiger charge is -2.41. The van der Waals surface area contributed by atoms with Crippen LogP contribution in [0, 0.1) is 11.8 Å². The number of rotatable bonds is 11. The van der Waals surface area contributed by atoms with E-state index in [4.69, 9.17) is 0 Å². The van der Waals surface area contributed by atoms with E-state index in [2.05, 4.69) is 19.2 Å². The van der Waals surface area contributed by atoms with E-state index in [1.807, 2.05) is 35.2 Å². The van der Waals surface area contributed by atoms with Gasteiger partial charge in [-0.2, -0.15) is 0 Å². The summed E-state index contributed by atoms with van der Waals surface area (Å²) in [7, 11) is 0. The Morgan fingerprint density at radius 2 is 1.61 bits per heavy atom. The lowest BCUT2D eigenvalue weighted by atomic mass is 9.88. The Morgan fingerprint density at radius 3 is 2.32 bits per heavy atom. The van der Waals surface area contributed by atoms with Crippen molar-refractivity contribution in [2.24, 2.45) is 11.8 Å². The third kappa shape index (κ3) is 7.14. The Balaban J connectivity index is 1.31. The summed E-state index contributed by atoms with van der Waals surface area (Å²) in [6, 6.07) is 9.84. The molecular weight excluding hydrogens is 480 g/mol. The van der Waals surface area contributed by atoms with Crippen molar-refractivity contribution in [2.75, 3.05) is 26.2 Å². The van der Waals surface area contributed by atoms with Crippen molar-refractivity contribution in [1.82, 2.24) is 20.0 Å². The van der Waals surface area contributed by atoms with E-state index in [0.29, 0.717) is 44.6 Å². The molecule has 2 heterocycles. The number of benzene rings is 1. The molecule has 0 radical (unpaired) electrons. The summed E-state index contributed by atoms with van der Waals surface area (Å²) < 4.78 is 0. The van der Waals surface area contributed by atoms with E-state index in [-0.39, 0.29) is 12.1 Å². The Bertz CT molecular complexity index is 976. The van der Waals surface area contributed by atoms with E-state index in [1.165, 1.54) is 19.3 Å². The molecule has 1 saturated carbocycles. The number of nitrogens with zero attached hydrogens (tertiary/aromatic N) is 3. The molecule has 0 bridgehead atoms. The second-order valence-corrected chi connectivity index (χ2v) is 11.8. The van der Waals surface area contributed by atoms with Crippen LogP contribution in [0.1, 0.15) is 77.2 Å². The van der Waals surface area contributed by atoms with Gasteiger partial charge >= 0.3 is 23.6 Å². The van der Waals surface area contributed by atoms with Crippen molar-refractivity contribution in [3.63, 3.8) is 0 Å². The van der Waals surface area contributed by atoms with E-state index < -0.39 is 23.6 Å². The number of unbranched alkanes of at least 4 members (excludes halogenated alkanes) is 1. The average molecular weight is 525 g/mol. The highest BCUT2D eigenvalue weighted by molar-refractivity contribution is 6.36. The van der Waals surface area contributed by atoms with Crippen LogP contribution in [0.4, 0.5) is 0 Å². The van der Waals surface area contributed by atoms with Crippen molar-refractivity contribution in [3.05, 3.63) is 35.9 Å². The number of amides is 4. The summed E-state index contributed by atoms with van der Waals surface area (Å²) >= 11 is 0. The van der Waals surface area contributed by atoms with Gasteiger partial charge < -0.3 is 20.0 Å². The fraction of sp³-hybridized carbons (Fsp3) is 0.667. The largest absolute Gasteiger partial charge is 0.346 e. The van der Waals surface area contributed by atoms with Crippen molar-refractivity contribution in [2.45, 2.75) is 90.3 Å². The average Bonchev–Trinajstić information content (AvgIpc) is 2.91. The molecular formula is C30H44N4O4. The molecule has 3 fully saturated rings. The molecule has 208 valence electrons. The lowest BCUT2D eigenvalue weighted by molar-refractivity contribution is -0.160. The van der Waals surface area contributed by atoms with Gasteiger partial charge in [0.1, 0.15) is 0 Å². The first-order chi connectivity index (χ1) is 18.3. The second kappa shape index (κ2) is 13.3. The molecule has 8 heteroatoms. The van der Waals surface area contributed by atoms with Crippen molar-refractivity contribution in [3.8, 4) is 0 Å². The maximum atomic E-state index is 13.2. The molecule has 2 atom stereocenters. The first kappa shape index (κ1) is 28.1. The zero-order valence-electron chi connectivity index (χ0n) is 23.1. The predicted octanol–water partition coefficient (Wildman–Crippen LogP) is 3.35. The van der Waals surface area contributed by atoms with Crippen LogP contribution >= 0.6 is 0 Å². The highest BCUT2D eigenvalue weighted by Crippen LogP contribution is 2.27. The second-order valence-electron chi connectivity index (χ2n) is 11.8. The molecule has 38 heavy (non-hydrogen) atoms. The van der Waals surface area contributed by atoms with E-state index >= 15 is 0 Å². The van der Waals surface area contributed by atoms with Crippen LogP contribution in [0.5, 0.6) is 0 Å². The van der Waals surface area contributed by atoms with Crippen LogP contribution in [0.2, 0.25) is 0 Å². The van der Waals surface area contributed by atoms with Gasteiger partial charge in [-0.15, -0.1) is 0 Å². The first-order valence-electron chi connectivity index (χ1n) is 14.6. The molecule has 0 unspecified atom stereocenters. The fourth-order valence-electron chi connectivity index (χ4n) is 6.29. The third-order valence-corrected chi connectivity index (χ3v) is 8.33. The monoisotopic (exact) mass is 524 g/mol. The molecule has 4 amide bonds. The molecule has 8 nitrogen and oxygen atoms in total. The van der Waals surface area contributed by atoms with Gasteiger partial charge in [0.25, 0.3) is 0 Å². The summed E-state index contributed by atoms with van der Waals surface area (Å²) in [5.41, 5.74) is 1.03. The quantitative estimate of drug-likeness (QED) is 0.355. The molecule has 1 aromatic rings. The minimum atomic E-state index is -0.495. The fourth-order valence-corrected chi connectivity index (χ4v) is 6.29. The van der Waals surface area contributed by atoms with Gasteiger partial charge in [-0.25, -0.2) is 0 Å². The maximum Gasteiger partial charge on any atom is 0.312 e. The summed E-state index contributed by atoms with van der Waals surface area (Å²) in [6.45, 7) is 7.00. The first-order valence-corrected chi connectivity index (χ1v) is 14.6. The zero-order chi connectivity index (χ0) is 27.1. The smallest absolute Gasteiger partial charge is 0.312 e. The van der Waals surface area contributed by atoms with Crippen LogP contribution in [0.3, 0.4) is 0 Å². The maximum absolute atomic E-state index is 13.2. The Kier molecular flexibility index (Phi) is 9.80. The van der Waals surface area contributed by atoms with Gasteiger partial charge in [-0.1, -0.05) is 63.4 Å². The molecule has 0 spiro atoms. The molecule has 1 aromatic carbocycles. The van der Waals surface area contributed by atoms with Crippen LogP contribution in [-0.2, 0) is 25.7 Å². The minimum Gasteiger partial charge on any atom is -0.346 e. The Morgan fingerprint density at radius 1 is 0.868 bits per heavy atom. The van der Waals surface area contributed by atoms with E-state index in [0.717, 1.165) is 44.1 Å². The van der Waals surface area contributed by atoms with Gasteiger partial charge in [-0.05, 0) is 55.9 Å². The normalized spacial score (nSPS) is 23.4. The van der Waals surface area contributed by atoms with Gasteiger partial charge in [0.15, 0.2) is 0 Å². The van der Waals surface area contributed by atoms with E-state index in [1.54, 1.807) is 9.80 Å². The van der Waals surface area contributed by atoms with E-state index in [9.17, 15) is 19.2 Å². The summed E-state index contributed by atoms with van der Waals surface area (Å²) in [6.07, 6.45) is 9.14. The molecule has 4 rings (SSSR count). The Labute approximate surface area is 227 Å². The van der Waals surface area contributed by atoms with Crippen molar-refractivity contribution in [1.29, 1.82) is 0 Å². The summed E-state index contributed by atoms with van der Waals surface area (Å²) in [4.78, 5) is 56.2. The standard InChI is InChI=1S/C30H44N4O4/c1-22(2)17-26-21-32(29(37)30(38)34(26)20-24-13-7-4-8-14-24)16-10-9-15-25-18-31-27(35)28(36)33(25)19-23-11-5-3-6-12-23/h4,7-8,13-14,22-23,25-26H,3,5-6,9-12,15-21H2,1-2H3,(H,31,35)/t25-,26-/m0/s1. The van der Waals surface area contributed by atoms with Gasteiger partial charge in [0.05, 0.1) is 6.04 Å². The predicted molar refractivity (Wildman–Crippen MR) is 146 cm³/mol. The van der Waals surface area contributed by atoms with Gasteiger partial charge in [0, 0.05) is 38.8 Å². The molecule has 3 aliphatic rings.